The predicted molar refractivity (Wildman–Crippen MR) is 69.3 cm³/mol. The number of rotatable bonds is 4. The number of hydrogen-bond acceptors (Lipinski definition) is 1. The average molecular weight is 216 g/mol. The summed E-state index contributed by atoms with van der Waals surface area (Å²) < 4.78 is 0. The monoisotopic (exact) mass is 216 g/mol. The molecule has 0 aliphatic heterocycles. The van der Waals surface area contributed by atoms with Gasteiger partial charge in [-0.15, -0.1) is 0 Å². The lowest BCUT2D eigenvalue weighted by molar-refractivity contribution is 0.526. The Balaban J connectivity index is 1.67. The van der Waals surface area contributed by atoms with E-state index in [1.54, 1.807) is 0 Å². The van der Waals surface area contributed by atoms with Crippen molar-refractivity contribution in [1.29, 1.82) is 0 Å². The molecule has 1 fully saturated rings. The molecule has 1 saturated carbocycles. The summed E-state index contributed by atoms with van der Waals surface area (Å²) >= 11 is 0. The first-order valence-electron chi connectivity index (χ1n) is 6.56. The maximum Gasteiger partial charge on any atom is 0.00986 e. The Labute approximate surface area is 99.3 Å². The smallest absolute Gasteiger partial charge is 0.00986 e. The van der Waals surface area contributed by atoms with Gasteiger partial charge in [0.1, 0.15) is 0 Å². The van der Waals surface area contributed by atoms with Gasteiger partial charge in [-0.1, -0.05) is 49.6 Å². The van der Waals surface area contributed by atoms with Gasteiger partial charge in [0.15, 0.2) is 0 Å². The Hall–Kier alpha value is -0.820. The molecule has 1 N–H and O–H groups in total. The summed E-state index contributed by atoms with van der Waals surface area (Å²) in [5, 5.41) is 3.65. The van der Waals surface area contributed by atoms with E-state index in [1.807, 2.05) is 0 Å². The molecular weight excluding hydrogens is 194 g/mol. The fourth-order valence-electron chi connectivity index (χ4n) is 2.35. The van der Waals surface area contributed by atoms with Crippen LogP contribution in [0, 0.1) is 6.42 Å². The van der Waals surface area contributed by atoms with Gasteiger partial charge in [-0.2, -0.15) is 0 Å². The lowest BCUT2D eigenvalue weighted by Gasteiger charge is -2.15. The second-order valence-corrected chi connectivity index (χ2v) is 4.67. The summed E-state index contributed by atoms with van der Waals surface area (Å²) in [5.74, 6) is 0. The quantitative estimate of drug-likeness (QED) is 0.761. The van der Waals surface area contributed by atoms with Crippen molar-refractivity contribution < 1.29 is 0 Å². The fraction of sp³-hybridized carbons (Fsp3) is 0.533. The van der Waals surface area contributed by atoms with Gasteiger partial charge in [0.05, 0.1) is 0 Å². The molecule has 0 saturated heterocycles. The topological polar surface area (TPSA) is 12.0 Å². The third kappa shape index (κ3) is 3.97. The summed E-state index contributed by atoms with van der Waals surface area (Å²) in [6, 6.07) is 11.4. The minimum Gasteiger partial charge on any atom is -0.313 e. The Morgan fingerprint density at radius 1 is 1.06 bits per heavy atom. The highest BCUT2D eigenvalue weighted by molar-refractivity contribution is 5.14. The van der Waals surface area contributed by atoms with Crippen molar-refractivity contribution in [2.45, 2.75) is 44.6 Å². The van der Waals surface area contributed by atoms with Crippen molar-refractivity contribution in [2.75, 3.05) is 6.54 Å². The summed E-state index contributed by atoms with van der Waals surface area (Å²) in [6.45, 7) is 1.10. The molecule has 0 heterocycles. The third-order valence-corrected chi connectivity index (χ3v) is 3.33. The minimum atomic E-state index is 0.659. The third-order valence-electron chi connectivity index (χ3n) is 3.33. The van der Waals surface area contributed by atoms with Crippen molar-refractivity contribution >= 4 is 0 Å². The van der Waals surface area contributed by atoms with Gasteiger partial charge in [-0.3, -0.25) is 0 Å². The van der Waals surface area contributed by atoms with Crippen molar-refractivity contribution in [3.05, 3.63) is 42.3 Å². The minimum absolute atomic E-state index is 0.659. The largest absolute Gasteiger partial charge is 0.313 e. The molecule has 1 aliphatic rings. The first-order valence-corrected chi connectivity index (χ1v) is 6.56. The first kappa shape index (κ1) is 11.7. The highest BCUT2D eigenvalue weighted by Gasteiger charge is 2.10. The molecule has 2 rings (SSSR count). The van der Waals surface area contributed by atoms with Crippen LogP contribution < -0.4 is 5.32 Å². The van der Waals surface area contributed by atoms with Gasteiger partial charge < -0.3 is 5.32 Å². The molecular formula is C15H22N. The molecule has 0 amide bonds. The molecule has 87 valence electrons. The summed E-state index contributed by atoms with van der Waals surface area (Å²) in [7, 11) is 0. The molecule has 16 heavy (non-hydrogen) atoms. The zero-order valence-electron chi connectivity index (χ0n) is 9.99. The highest BCUT2D eigenvalue weighted by atomic mass is 14.9. The first-order chi connectivity index (χ1) is 7.95. The van der Waals surface area contributed by atoms with Crippen molar-refractivity contribution in [1.82, 2.24) is 5.32 Å². The van der Waals surface area contributed by atoms with Crippen LogP contribution in [-0.4, -0.2) is 12.6 Å². The molecule has 1 atom stereocenters. The van der Waals surface area contributed by atoms with Crippen molar-refractivity contribution in [2.24, 2.45) is 0 Å². The summed E-state index contributed by atoms with van der Waals surface area (Å²) in [5.41, 5.74) is 1.43. The molecule has 1 unspecified atom stereocenters. The molecule has 0 spiro atoms. The highest BCUT2D eigenvalue weighted by Crippen LogP contribution is 2.16. The lowest BCUT2D eigenvalue weighted by Crippen LogP contribution is -2.30. The number of benzene rings is 1. The van der Waals surface area contributed by atoms with Crippen LogP contribution in [0.15, 0.2) is 30.3 Å². The van der Waals surface area contributed by atoms with Crippen LogP contribution >= 0.6 is 0 Å². The van der Waals surface area contributed by atoms with Crippen LogP contribution in [-0.2, 0) is 6.42 Å². The van der Waals surface area contributed by atoms with Gasteiger partial charge in [-0.05, 0) is 37.8 Å². The maximum absolute atomic E-state index is 3.65. The standard InChI is InChI=1S/C15H22N/c1-2-7-11-15(10-6-1)16-13-12-14-8-4-3-5-9-14/h3-5,8-10,15-16H,1-2,6-7,11-13H2. The average Bonchev–Trinajstić information content (AvgIpc) is 2.59. The SMILES string of the molecule is [CH]1CCCCCC1NCCc1ccccc1. The van der Waals surface area contributed by atoms with E-state index in [0.717, 1.165) is 13.0 Å². The molecule has 1 heteroatoms. The van der Waals surface area contributed by atoms with Gasteiger partial charge in [0, 0.05) is 6.04 Å². The number of nitrogens with one attached hydrogen (secondary N) is 1. The van der Waals surface area contributed by atoms with E-state index in [1.165, 1.54) is 37.7 Å². The van der Waals surface area contributed by atoms with Crippen LogP contribution in [0.2, 0.25) is 0 Å². The van der Waals surface area contributed by atoms with Crippen molar-refractivity contribution in [3.8, 4) is 0 Å². The van der Waals surface area contributed by atoms with Crippen LogP contribution in [0.4, 0.5) is 0 Å². The molecule has 0 bridgehead atoms. The lowest BCUT2D eigenvalue weighted by atomic mass is 10.1. The second kappa shape index (κ2) is 6.70. The summed E-state index contributed by atoms with van der Waals surface area (Å²) in [4.78, 5) is 0. The number of hydrogen-bond donors (Lipinski definition) is 1. The molecule has 0 aromatic heterocycles. The Bertz CT molecular complexity index is 273. The molecule has 1 aromatic carbocycles. The van der Waals surface area contributed by atoms with E-state index in [0.29, 0.717) is 6.04 Å². The van der Waals surface area contributed by atoms with Gasteiger partial charge in [0.2, 0.25) is 0 Å². The van der Waals surface area contributed by atoms with Crippen LogP contribution in [0.25, 0.3) is 0 Å². The molecule has 1 aromatic rings. The van der Waals surface area contributed by atoms with E-state index in [2.05, 4.69) is 42.1 Å². The van der Waals surface area contributed by atoms with E-state index in [-0.39, 0.29) is 0 Å². The summed E-state index contributed by atoms with van der Waals surface area (Å²) in [6.07, 6.45) is 10.4. The zero-order valence-corrected chi connectivity index (χ0v) is 9.99. The van der Waals surface area contributed by atoms with Crippen LogP contribution in [0.3, 0.4) is 0 Å². The Morgan fingerprint density at radius 3 is 2.81 bits per heavy atom. The molecule has 1 aliphatic carbocycles. The van der Waals surface area contributed by atoms with E-state index < -0.39 is 0 Å². The Kier molecular flexibility index (Phi) is 4.88. The van der Waals surface area contributed by atoms with Gasteiger partial charge in [0.25, 0.3) is 0 Å². The van der Waals surface area contributed by atoms with Gasteiger partial charge in [-0.25, -0.2) is 0 Å². The normalized spacial score (nSPS) is 18.2. The van der Waals surface area contributed by atoms with Crippen molar-refractivity contribution in [3.63, 3.8) is 0 Å². The van der Waals surface area contributed by atoms with Crippen LogP contribution in [0.5, 0.6) is 0 Å². The fourth-order valence-corrected chi connectivity index (χ4v) is 2.35. The van der Waals surface area contributed by atoms with Crippen LogP contribution in [0.1, 0.15) is 37.7 Å². The van der Waals surface area contributed by atoms with E-state index in [9.17, 15) is 0 Å². The zero-order chi connectivity index (χ0) is 11.1. The second-order valence-electron chi connectivity index (χ2n) is 4.67. The Morgan fingerprint density at radius 2 is 1.94 bits per heavy atom. The molecule has 1 radical (unpaired) electrons. The van der Waals surface area contributed by atoms with E-state index in [4.69, 9.17) is 0 Å². The maximum atomic E-state index is 3.65. The van der Waals surface area contributed by atoms with E-state index >= 15 is 0 Å². The molecule has 1 nitrogen and oxygen atoms in total. The predicted octanol–water partition coefficient (Wildman–Crippen LogP) is 3.36. The van der Waals surface area contributed by atoms with Gasteiger partial charge >= 0.3 is 0 Å².